The molecule has 0 aliphatic carbocycles. The number of rotatable bonds is 9. The third-order valence-electron chi connectivity index (χ3n) is 5.84. The summed E-state index contributed by atoms with van der Waals surface area (Å²) in [7, 11) is 0. The predicted octanol–water partition coefficient (Wildman–Crippen LogP) is 3.59. The molecule has 1 aromatic heterocycles. The first-order valence-electron chi connectivity index (χ1n) is 12.3. The van der Waals surface area contributed by atoms with Crippen molar-refractivity contribution >= 4 is 40.7 Å². The fraction of sp³-hybridized carbons (Fsp3) is 0.385. The van der Waals surface area contributed by atoms with Crippen LogP contribution in [-0.2, 0) is 22.6 Å². The maximum atomic E-state index is 13.5. The lowest BCUT2D eigenvalue weighted by molar-refractivity contribution is -0.123. The van der Waals surface area contributed by atoms with Crippen molar-refractivity contribution in [3.05, 3.63) is 79.0 Å². The molecule has 202 valence electrons. The number of nitrogens with one attached hydrogen (secondary N) is 2. The molecule has 1 saturated heterocycles. The standard InChI is InChI=1S/C26H29Cl2N5O5/c1-16(2)38-22-8-7-20(13-21(22)28)30-24-31-25(35)33(15-23(34)29-19-9-11-37-12-10-19)26(36)32(24)14-17-3-5-18(27)6-4-17/h3-8,13,16,19H,9-12,14-15H2,1-2H3,(H,29,34)(H,30,31,35). The summed E-state index contributed by atoms with van der Waals surface area (Å²) < 4.78 is 13.1. The minimum absolute atomic E-state index is 0.00429. The highest BCUT2D eigenvalue weighted by molar-refractivity contribution is 6.32. The molecule has 0 saturated carbocycles. The van der Waals surface area contributed by atoms with Crippen LogP contribution in [0.25, 0.3) is 0 Å². The lowest BCUT2D eigenvalue weighted by Gasteiger charge is -2.23. The largest absolute Gasteiger partial charge is 0.489 e. The molecule has 4 rings (SSSR count). The minimum atomic E-state index is -0.849. The van der Waals surface area contributed by atoms with Gasteiger partial charge in [0.1, 0.15) is 12.3 Å². The van der Waals surface area contributed by atoms with Crippen LogP contribution >= 0.6 is 23.2 Å². The summed E-state index contributed by atoms with van der Waals surface area (Å²) in [5, 5.41) is 6.78. The Morgan fingerprint density at radius 2 is 1.82 bits per heavy atom. The highest BCUT2D eigenvalue weighted by atomic mass is 35.5. The number of amides is 1. The van der Waals surface area contributed by atoms with Crippen molar-refractivity contribution in [3.8, 4) is 5.75 Å². The summed E-state index contributed by atoms with van der Waals surface area (Å²) in [6.45, 7) is 4.51. The van der Waals surface area contributed by atoms with E-state index in [9.17, 15) is 14.4 Å². The molecular weight excluding hydrogens is 533 g/mol. The van der Waals surface area contributed by atoms with Gasteiger partial charge in [0.05, 0.1) is 17.7 Å². The molecule has 38 heavy (non-hydrogen) atoms. The summed E-state index contributed by atoms with van der Waals surface area (Å²) in [5.41, 5.74) is -0.289. The molecule has 0 unspecified atom stereocenters. The van der Waals surface area contributed by atoms with E-state index in [1.54, 1.807) is 42.5 Å². The van der Waals surface area contributed by atoms with Gasteiger partial charge in [0.25, 0.3) is 0 Å². The van der Waals surface area contributed by atoms with E-state index in [4.69, 9.17) is 32.7 Å². The van der Waals surface area contributed by atoms with Gasteiger partial charge in [0.15, 0.2) is 0 Å². The van der Waals surface area contributed by atoms with Gasteiger partial charge in [0.2, 0.25) is 11.9 Å². The van der Waals surface area contributed by atoms with Crippen LogP contribution in [0.4, 0.5) is 11.6 Å². The van der Waals surface area contributed by atoms with Gasteiger partial charge in [-0.2, -0.15) is 4.98 Å². The molecule has 1 fully saturated rings. The summed E-state index contributed by atoms with van der Waals surface area (Å²) >= 11 is 12.4. The van der Waals surface area contributed by atoms with Crippen molar-refractivity contribution < 1.29 is 14.3 Å². The third-order valence-corrected chi connectivity index (χ3v) is 6.39. The molecule has 2 aromatic carbocycles. The maximum absolute atomic E-state index is 13.5. The van der Waals surface area contributed by atoms with Gasteiger partial charge in [0, 0.05) is 30.0 Å². The Morgan fingerprint density at radius 1 is 1.11 bits per heavy atom. The molecule has 2 N–H and O–H groups in total. The number of hydrogen-bond donors (Lipinski definition) is 2. The van der Waals surface area contributed by atoms with Gasteiger partial charge in [-0.15, -0.1) is 0 Å². The fourth-order valence-electron chi connectivity index (χ4n) is 3.99. The Labute approximate surface area is 229 Å². The zero-order valence-corrected chi connectivity index (χ0v) is 22.6. The fourth-order valence-corrected chi connectivity index (χ4v) is 4.34. The number of hydrogen-bond acceptors (Lipinski definition) is 7. The first kappa shape index (κ1) is 27.7. The van der Waals surface area contributed by atoms with Crippen LogP contribution in [0.5, 0.6) is 5.75 Å². The second kappa shape index (κ2) is 12.5. The van der Waals surface area contributed by atoms with Gasteiger partial charge in [-0.1, -0.05) is 35.3 Å². The first-order valence-corrected chi connectivity index (χ1v) is 13.0. The van der Waals surface area contributed by atoms with Crippen molar-refractivity contribution in [1.29, 1.82) is 0 Å². The normalized spacial score (nSPS) is 13.9. The second-order valence-corrected chi connectivity index (χ2v) is 10.0. The van der Waals surface area contributed by atoms with Gasteiger partial charge in [-0.05, 0) is 62.6 Å². The van der Waals surface area contributed by atoms with Crippen molar-refractivity contribution in [2.45, 2.75) is 51.9 Å². The Hall–Kier alpha value is -3.34. The number of anilines is 2. The van der Waals surface area contributed by atoms with E-state index in [1.165, 1.54) is 4.57 Å². The predicted molar refractivity (Wildman–Crippen MR) is 146 cm³/mol. The zero-order valence-electron chi connectivity index (χ0n) is 21.1. The van der Waals surface area contributed by atoms with Crippen LogP contribution < -0.4 is 26.7 Å². The van der Waals surface area contributed by atoms with Gasteiger partial charge in [-0.3, -0.25) is 9.36 Å². The van der Waals surface area contributed by atoms with Crippen LogP contribution in [-0.4, -0.2) is 45.4 Å². The number of carbonyl (C=O) groups excluding carboxylic acids is 1. The van der Waals surface area contributed by atoms with Crippen molar-refractivity contribution in [2.24, 2.45) is 0 Å². The van der Waals surface area contributed by atoms with E-state index < -0.39 is 23.8 Å². The molecule has 0 spiro atoms. The lowest BCUT2D eigenvalue weighted by Crippen LogP contribution is -2.47. The number of halogens is 2. The van der Waals surface area contributed by atoms with Crippen LogP contribution in [0.1, 0.15) is 32.3 Å². The topological polar surface area (TPSA) is 116 Å². The smallest absolute Gasteiger partial charge is 0.355 e. The quantitative estimate of drug-likeness (QED) is 0.410. The van der Waals surface area contributed by atoms with E-state index in [2.05, 4.69) is 15.6 Å². The van der Waals surface area contributed by atoms with Crippen molar-refractivity contribution in [3.63, 3.8) is 0 Å². The summed E-state index contributed by atoms with van der Waals surface area (Å²) in [5.74, 6) is 0.0681. The number of ether oxygens (including phenoxy) is 2. The average Bonchev–Trinajstić information content (AvgIpc) is 2.87. The molecule has 10 nitrogen and oxygen atoms in total. The van der Waals surface area contributed by atoms with E-state index in [0.29, 0.717) is 47.5 Å². The van der Waals surface area contributed by atoms with Gasteiger partial charge in [-0.25, -0.2) is 14.2 Å². The zero-order chi connectivity index (χ0) is 27.2. The molecule has 12 heteroatoms. The van der Waals surface area contributed by atoms with E-state index in [0.717, 1.165) is 10.1 Å². The highest BCUT2D eigenvalue weighted by Crippen LogP contribution is 2.29. The third kappa shape index (κ3) is 7.15. The SMILES string of the molecule is CC(C)Oc1ccc(Nc2nc(=O)n(CC(=O)NC3CCOCC3)c(=O)n2Cc2ccc(Cl)cc2)cc1Cl. The number of aromatic nitrogens is 3. The van der Waals surface area contributed by atoms with Crippen LogP contribution in [0, 0.1) is 0 Å². The Morgan fingerprint density at radius 3 is 2.47 bits per heavy atom. The molecule has 1 aliphatic heterocycles. The second-order valence-electron chi connectivity index (χ2n) is 9.19. The van der Waals surface area contributed by atoms with Crippen molar-refractivity contribution in [2.75, 3.05) is 18.5 Å². The molecule has 0 atom stereocenters. The number of carbonyl (C=O) groups is 1. The molecule has 3 aromatic rings. The van der Waals surface area contributed by atoms with E-state index >= 15 is 0 Å². The summed E-state index contributed by atoms with van der Waals surface area (Å²) in [6, 6.07) is 11.9. The highest BCUT2D eigenvalue weighted by Gasteiger charge is 2.20. The molecular formula is C26H29Cl2N5O5. The molecule has 0 radical (unpaired) electrons. The van der Waals surface area contributed by atoms with Gasteiger partial charge >= 0.3 is 11.4 Å². The average molecular weight is 562 g/mol. The molecule has 1 amide bonds. The first-order chi connectivity index (χ1) is 18.2. The molecule has 2 heterocycles. The van der Waals surface area contributed by atoms with Crippen LogP contribution in [0.3, 0.4) is 0 Å². The summed E-state index contributed by atoms with van der Waals surface area (Å²) in [4.78, 5) is 43.2. The number of benzene rings is 2. The van der Waals surface area contributed by atoms with Crippen LogP contribution in [0.2, 0.25) is 10.0 Å². The Bertz CT molecular complexity index is 1400. The summed E-state index contributed by atoms with van der Waals surface area (Å²) in [6.07, 6.45) is 1.28. The minimum Gasteiger partial charge on any atom is -0.489 e. The molecule has 0 bridgehead atoms. The molecule has 1 aliphatic rings. The Kier molecular flexibility index (Phi) is 9.09. The van der Waals surface area contributed by atoms with Crippen molar-refractivity contribution in [1.82, 2.24) is 19.4 Å². The van der Waals surface area contributed by atoms with E-state index in [-0.39, 0.29) is 24.6 Å². The Balaban J connectivity index is 1.66. The number of nitrogens with zero attached hydrogens (tertiary/aromatic N) is 3. The maximum Gasteiger partial charge on any atom is 0.355 e. The monoisotopic (exact) mass is 561 g/mol. The van der Waals surface area contributed by atoms with Crippen LogP contribution in [0.15, 0.2) is 52.1 Å². The lowest BCUT2D eigenvalue weighted by atomic mass is 10.1. The van der Waals surface area contributed by atoms with E-state index in [1.807, 2.05) is 13.8 Å². The van der Waals surface area contributed by atoms with Gasteiger partial charge < -0.3 is 20.1 Å².